The monoisotopic (exact) mass is 185 g/mol. The minimum Gasteiger partial charge on any atom is -0.298 e. The predicted octanol–water partition coefficient (Wildman–Crippen LogP) is 0.927. The van der Waals surface area contributed by atoms with Crippen LogP contribution in [0.5, 0.6) is 0 Å². The average Bonchev–Trinajstić information content (AvgIpc) is 2.79. The summed E-state index contributed by atoms with van der Waals surface area (Å²) in [6.07, 6.45) is 3.62. The average molecular weight is 186 g/mol. The van der Waals surface area contributed by atoms with E-state index in [2.05, 4.69) is 10.3 Å². The van der Waals surface area contributed by atoms with Gasteiger partial charge in [-0.1, -0.05) is 5.21 Å². The second-order valence-electron chi connectivity index (χ2n) is 3.04. The molecule has 0 aromatic heterocycles. The fourth-order valence-electron chi connectivity index (χ4n) is 0.742. The van der Waals surface area contributed by atoms with E-state index in [-0.39, 0.29) is 5.78 Å². The molecule has 0 radical (unpaired) electrons. The van der Waals surface area contributed by atoms with E-state index in [0.29, 0.717) is 0 Å². The van der Waals surface area contributed by atoms with Crippen LogP contribution in [0.1, 0.15) is 19.8 Å². The number of Topliss-reactive ketones (excluding diaryl/α,β-unsaturated/α-hetero) is 1. The van der Waals surface area contributed by atoms with E-state index in [1.807, 2.05) is 6.20 Å². The number of hydrogen-bond donors (Lipinski definition) is 0. The molecule has 0 aromatic carbocycles. The molecule has 1 aliphatic carbocycles. The number of carbonyl (C=O) groups is 1. The van der Waals surface area contributed by atoms with Gasteiger partial charge in [-0.15, -0.1) is 16.7 Å². The molecule has 0 spiro atoms. The van der Waals surface area contributed by atoms with E-state index in [9.17, 15) is 4.79 Å². The molecule has 0 atom stereocenters. The Labute approximate surface area is 74.5 Å². The third-order valence-electron chi connectivity index (χ3n) is 1.97. The number of fused-ring (bicyclic) bond motifs is 1. The number of aromatic nitrogens is 3. The Morgan fingerprint density at radius 1 is 1.75 bits per heavy atom. The Morgan fingerprint density at radius 3 is 2.33 bits per heavy atom. The summed E-state index contributed by atoms with van der Waals surface area (Å²) in [5.41, 5.74) is 0. The lowest BCUT2D eigenvalue weighted by Gasteiger charge is -1.93. The van der Waals surface area contributed by atoms with Gasteiger partial charge in [-0.3, -0.25) is 4.79 Å². The number of halogens is 1. The first-order valence-corrected chi connectivity index (χ1v) is 4.12. The zero-order chi connectivity index (χ0) is 8.77. The van der Waals surface area contributed by atoms with Gasteiger partial charge in [0.1, 0.15) is 4.87 Å². The second-order valence-corrected chi connectivity index (χ2v) is 3.77. The van der Waals surface area contributed by atoms with Crippen LogP contribution in [0.4, 0.5) is 0 Å². The van der Waals surface area contributed by atoms with Gasteiger partial charge in [-0.2, -0.15) is 4.68 Å². The Balaban J connectivity index is 0.0000000978. The highest BCUT2D eigenvalue weighted by molar-refractivity contribution is 6.37. The van der Waals surface area contributed by atoms with Crippen LogP contribution in [-0.2, 0) is 4.79 Å². The summed E-state index contributed by atoms with van der Waals surface area (Å²) in [4.78, 5) is 9.98. The van der Waals surface area contributed by atoms with E-state index in [1.54, 1.807) is 11.6 Å². The molecule has 2 aliphatic heterocycles. The van der Waals surface area contributed by atoms with Crippen LogP contribution in [0.15, 0.2) is 6.20 Å². The molecule has 0 aromatic rings. The Morgan fingerprint density at radius 2 is 2.33 bits per heavy atom. The number of carbonyl (C=O) groups excluding carboxylic acids is 1. The first-order valence-electron chi connectivity index (χ1n) is 3.74. The van der Waals surface area contributed by atoms with Crippen molar-refractivity contribution in [3.05, 3.63) is 6.20 Å². The van der Waals surface area contributed by atoms with E-state index in [1.165, 1.54) is 0 Å². The summed E-state index contributed by atoms with van der Waals surface area (Å²) in [5.74, 6) is 1.14. The number of rotatable bonds is 1. The summed E-state index contributed by atoms with van der Waals surface area (Å²) in [6, 6.07) is 0. The number of ketones is 1. The van der Waals surface area contributed by atoms with Crippen molar-refractivity contribution in [2.75, 3.05) is 0 Å². The first-order chi connectivity index (χ1) is 5.62. The van der Waals surface area contributed by atoms with Gasteiger partial charge < -0.3 is 0 Å². The molecular formula is C7H8ClN3O. The topological polar surface area (TPSA) is 47.8 Å². The summed E-state index contributed by atoms with van der Waals surface area (Å²) in [5, 5.41) is 7.06. The first kappa shape index (κ1) is 7.73. The molecule has 0 bridgehead atoms. The summed E-state index contributed by atoms with van der Waals surface area (Å²) < 4.78 is 1.72. The Bertz CT molecular complexity index is 305. The molecule has 4 nitrogen and oxygen atoms in total. The van der Waals surface area contributed by atoms with Gasteiger partial charge in [0.05, 0.1) is 6.20 Å². The van der Waals surface area contributed by atoms with Crippen molar-refractivity contribution >= 4 is 17.4 Å². The molecule has 1 fully saturated rings. The van der Waals surface area contributed by atoms with Crippen molar-refractivity contribution in [3.8, 4) is 5.82 Å². The molecular weight excluding hydrogens is 178 g/mol. The quantitative estimate of drug-likeness (QED) is 0.621. The van der Waals surface area contributed by atoms with Crippen LogP contribution in [0, 0.1) is 0 Å². The molecule has 3 rings (SSSR count). The van der Waals surface area contributed by atoms with Crippen molar-refractivity contribution in [1.82, 2.24) is 15.0 Å². The molecule has 0 saturated heterocycles. The molecule has 2 heterocycles. The molecule has 0 amide bonds. The Kier molecular flexibility index (Phi) is 1.48. The fourth-order valence-corrected chi connectivity index (χ4v) is 0.836. The summed E-state index contributed by atoms with van der Waals surface area (Å²) >= 11 is 5.63. The molecule has 12 heavy (non-hydrogen) atoms. The summed E-state index contributed by atoms with van der Waals surface area (Å²) in [7, 11) is 0. The fraction of sp³-hybridized carbons (Fsp3) is 0.571. The number of alkyl halides is 1. The largest absolute Gasteiger partial charge is 0.298 e. The van der Waals surface area contributed by atoms with Crippen LogP contribution in [0.2, 0.25) is 0 Å². The van der Waals surface area contributed by atoms with E-state index in [0.717, 1.165) is 18.7 Å². The van der Waals surface area contributed by atoms with Crippen molar-refractivity contribution < 1.29 is 4.79 Å². The van der Waals surface area contributed by atoms with Crippen LogP contribution in [0.25, 0.3) is 5.82 Å². The molecule has 64 valence electrons. The number of nitrogens with zero attached hydrogens (tertiary/aromatic N) is 3. The van der Waals surface area contributed by atoms with Crippen LogP contribution in [0.3, 0.4) is 0 Å². The SMILES string of the molecule is CC(=O)C1(Cl)CC1.c1c2nnn1-2. The lowest BCUT2D eigenvalue weighted by Crippen LogP contribution is -2.09. The van der Waals surface area contributed by atoms with Crippen LogP contribution in [-0.4, -0.2) is 25.7 Å². The highest BCUT2D eigenvalue weighted by atomic mass is 35.5. The van der Waals surface area contributed by atoms with Crippen molar-refractivity contribution in [2.45, 2.75) is 24.6 Å². The van der Waals surface area contributed by atoms with Crippen molar-refractivity contribution in [3.63, 3.8) is 0 Å². The standard InChI is InChI=1S/C5H7ClO.C2HN3/c1-4(7)5(6)2-3-5;1-2-3-4-5(1)2/h2-3H2,1H3;1H. The van der Waals surface area contributed by atoms with Gasteiger partial charge in [0.2, 0.25) is 0 Å². The maximum atomic E-state index is 10.4. The van der Waals surface area contributed by atoms with Crippen molar-refractivity contribution in [2.24, 2.45) is 0 Å². The highest BCUT2D eigenvalue weighted by Gasteiger charge is 2.45. The van der Waals surface area contributed by atoms with Gasteiger partial charge in [-0.25, -0.2) is 0 Å². The van der Waals surface area contributed by atoms with E-state index in [4.69, 9.17) is 11.6 Å². The Hall–Kier alpha value is -0.900. The number of hydrogen-bond acceptors (Lipinski definition) is 3. The zero-order valence-corrected chi connectivity index (χ0v) is 7.38. The normalized spacial score (nSPS) is 19.2. The lowest BCUT2D eigenvalue weighted by atomic mass is 10.3. The van der Waals surface area contributed by atoms with Gasteiger partial charge in [0.15, 0.2) is 11.6 Å². The third kappa shape index (κ3) is 1.34. The highest BCUT2D eigenvalue weighted by Crippen LogP contribution is 2.42. The van der Waals surface area contributed by atoms with Gasteiger partial charge in [-0.05, 0) is 19.8 Å². The van der Waals surface area contributed by atoms with Gasteiger partial charge >= 0.3 is 0 Å². The predicted molar refractivity (Wildman–Crippen MR) is 43.4 cm³/mol. The zero-order valence-electron chi connectivity index (χ0n) is 6.62. The van der Waals surface area contributed by atoms with E-state index < -0.39 is 4.87 Å². The molecule has 0 N–H and O–H groups in total. The summed E-state index contributed by atoms with van der Waals surface area (Å²) in [6.45, 7) is 1.54. The lowest BCUT2D eigenvalue weighted by molar-refractivity contribution is -0.117. The second kappa shape index (κ2) is 2.29. The maximum absolute atomic E-state index is 10.4. The van der Waals surface area contributed by atoms with Crippen LogP contribution < -0.4 is 0 Å². The van der Waals surface area contributed by atoms with E-state index >= 15 is 0 Å². The smallest absolute Gasteiger partial charge is 0.197 e. The van der Waals surface area contributed by atoms with Crippen LogP contribution >= 0.6 is 11.6 Å². The van der Waals surface area contributed by atoms with Gasteiger partial charge in [0.25, 0.3) is 0 Å². The molecule has 1 saturated carbocycles. The maximum Gasteiger partial charge on any atom is 0.197 e. The third-order valence-corrected chi connectivity index (χ3v) is 2.61. The molecule has 0 unspecified atom stereocenters. The minimum atomic E-state index is -0.417. The van der Waals surface area contributed by atoms with Gasteiger partial charge in [0, 0.05) is 0 Å². The molecule has 5 heteroatoms. The molecule has 3 aliphatic rings. The van der Waals surface area contributed by atoms with Crippen molar-refractivity contribution in [1.29, 1.82) is 0 Å². The minimum absolute atomic E-state index is 0.120.